The van der Waals surface area contributed by atoms with Gasteiger partial charge in [-0.25, -0.2) is 0 Å². The predicted molar refractivity (Wildman–Crippen MR) is 65.6 cm³/mol. The van der Waals surface area contributed by atoms with E-state index < -0.39 is 11.0 Å². The molecule has 1 heterocycles. The molecule has 0 N–H and O–H groups in total. The normalized spacial score (nSPS) is 27.3. The van der Waals surface area contributed by atoms with E-state index in [4.69, 9.17) is 4.74 Å². The summed E-state index contributed by atoms with van der Waals surface area (Å²) in [5.74, 6) is -0.558. The van der Waals surface area contributed by atoms with Crippen LogP contribution in [0.25, 0.3) is 0 Å². The van der Waals surface area contributed by atoms with Gasteiger partial charge >= 0.3 is 5.97 Å². The van der Waals surface area contributed by atoms with Gasteiger partial charge in [0, 0.05) is 4.88 Å². The average Bonchev–Trinajstić information content (AvgIpc) is 2.72. The first-order valence-corrected chi connectivity index (χ1v) is 6.45. The molecule has 0 unspecified atom stereocenters. The molecular weight excluding hydrogens is 234 g/mol. The van der Waals surface area contributed by atoms with Crippen LogP contribution in [-0.2, 0) is 14.9 Å². The monoisotopic (exact) mass is 249 g/mol. The van der Waals surface area contributed by atoms with Crippen LogP contribution in [0.5, 0.6) is 0 Å². The molecule has 1 aromatic rings. The molecule has 0 saturated heterocycles. The van der Waals surface area contributed by atoms with Crippen molar-refractivity contribution in [3.05, 3.63) is 22.4 Å². The number of carbonyl (C=O) groups is 1. The van der Waals surface area contributed by atoms with Gasteiger partial charge in [0.1, 0.15) is 11.0 Å². The zero-order valence-corrected chi connectivity index (χ0v) is 11.0. The van der Waals surface area contributed by atoms with Gasteiger partial charge in [0.2, 0.25) is 0 Å². The molecule has 0 aromatic carbocycles. The van der Waals surface area contributed by atoms with Crippen LogP contribution in [0.1, 0.15) is 32.1 Å². The average molecular weight is 249 g/mol. The first-order valence-electron chi connectivity index (χ1n) is 5.57. The lowest BCUT2D eigenvalue weighted by Crippen LogP contribution is -2.26. The quantitative estimate of drug-likeness (QED) is 0.757. The lowest BCUT2D eigenvalue weighted by atomic mass is 10.0. The number of ether oxygens (including phenoxy) is 1. The standard InChI is InChI=1S/C13H15NO2S/c1-12(2,3)16-11(15)9-7-13(9,8-14)10-5-4-6-17-10/h4-6,9H,7H2,1-3H3/t9-,13+/m1/s1. The molecule has 1 aromatic heterocycles. The molecule has 0 amide bonds. The van der Waals surface area contributed by atoms with Crippen molar-refractivity contribution in [3.8, 4) is 6.07 Å². The Morgan fingerprint density at radius 3 is 2.82 bits per heavy atom. The van der Waals surface area contributed by atoms with E-state index in [2.05, 4.69) is 6.07 Å². The molecule has 3 nitrogen and oxygen atoms in total. The number of rotatable bonds is 2. The minimum Gasteiger partial charge on any atom is -0.460 e. The fourth-order valence-corrected chi connectivity index (χ4v) is 2.85. The molecule has 2 atom stereocenters. The van der Waals surface area contributed by atoms with Gasteiger partial charge in [0.15, 0.2) is 0 Å². The number of hydrogen-bond donors (Lipinski definition) is 0. The zero-order chi connectivity index (χ0) is 12.7. The minimum absolute atomic E-state index is 0.257. The molecule has 4 heteroatoms. The summed E-state index contributed by atoms with van der Waals surface area (Å²) in [6, 6.07) is 6.10. The molecule has 17 heavy (non-hydrogen) atoms. The highest BCUT2D eigenvalue weighted by atomic mass is 32.1. The summed E-state index contributed by atoms with van der Waals surface area (Å²) in [6.45, 7) is 5.52. The third-order valence-electron chi connectivity index (χ3n) is 2.81. The summed E-state index contributed by atoms with van der Waals surface area (Å²) in [7, 11) is 0. The number of nitrogens with zero attached hydrogens (tertiary/aromatic N) is 1. The van der Waals surface area contributed by atoms with E-state index in [0.717, 1.165) is 4.88 Å². The van der Waals surface area contributed by atoms with Gasteiger partial charge in [-0.3, -0.25) is 4.79 Å². The van der Waals surface area contributed by atoms with Crippen molar-refractivity contribution in [1.82, 2.24) is 0 Å². The third-order valence-corrected chi connectivity index (χ3v) is 3.86. The van der Waals surface area contributed by atoms with Gasteiger partial charge in [-0.05, 0) is 38.6 Å². The van der Waals surface area contributed by atoms with E-state index in [1.807, 2.05) is 38.3 Å². The topological polar surface area (TPSA) is 50.1 Å². The second-order valence-electron chi connectivity index (χ2n) is 5.35. The lowest BCUT2D eigenvalue weighted by molar-refractivity contribution is -0.156. The van der Waals surface area contributed by atoms with Gasteiger partial charge < -0.3 is 4.74 Å². The molecule has 0 aliphatic heterocycles. The Morgan fingerprint density at radius 1 is 1.65 bits per heavy atom. The second-order valence-corrected chi connectivity index (χ2v) is 6.30. The SMILES string of the molecule is CC(C)(C)OC(=O)[C@H]1C[C@@]1(C#N)c1cccs1. The predicted octanol–water partition coefficient (Wildman–Crippen LogP) is 2.87. The number of esters is 1. The van der Waals surface area contributed by atoms with Gasteiger partial charge in [-0.1, -0.05) is 6.07 Å². The van der Waals surface area contributed by atoms with Crippen LogP contribution >= 0.6 is 11.3 Å². The molecule has 1 aliphatic rings. The van der Waals surface area contributed by atoms with Gasteiger partial charge in [0.25, 0.3) is 0 Å². The van der Waals surface area contributed by atoms with E-state index in [1.54, 1.807) is 0 Å². The lowest BCUT2D eigenvalue weighted by Gasteiger charge is -2.20. The molecule has 1 aliphatic carbocycles. The fraction of sp³-hybridized carbons (Fsp3) is 0.538. The molecule has 0 spiro atoms. The molecule has 0 radical (unpaired) electrons. The summed E-state index contributed by atoms with van der Waals surface area (Å²) in [5.41, 5.74) is -1.12. The van der Waals surface area contributed by atoms with Gasteiger partial charge in [0.05, 0.1) is 12.0 Å². The van der Waals surface area contributed by atoms with E-state index in [9.17, 15) is 10.1 Å². The Hall–Kier alpha value is -1.34. The second kappa shape index (κ2) is 3.85. The van der Waals surface area contributed by atoms with Crippen molar-refractivity contribution in [2.24, 2.45) is 5.92 Å². The van der Waals surface area contributed by atoms with Crippen LogP contribution in [0, 0.1) is 17.2 Å². The zero-order valence-electron chi connectivity index (χ0n) is 10.2. The molecular formula is C13H15NO2S. The van der Waals surface area contributed by atoms with Crippen molar-refractivity contribution in [3.63, 3.8) is 0 Å². The summed E-state index contributed by atoms with van der Waals surface area (Å²) in [6.07, 6.45) is 0.582. The van der Waals surface area contributed by atoms with Crippen LogP contribution in [-0.4, -0.2) is 11.6 Å². The fourth-order valence-electron chi connectivity index (χ4n) is 1.90. The van der Waals surface area contributed by atoms with Crippen LogP contribution < -0.4 is 0 Å². The Labute approximate surface area is 105 Å². The third kappa shape index (κ3) is 2.20. The molecule has 1 fully saturated rings. The van der Waals surface area contributed by atoms with Crippen molar-refractivity contribution in [2.75, 3.05) is 0 Å². The van der Waals surface area contributed by atoms with E-state index in [-0.39, 0.29) is 11.9 Å². The molecule has 1 saturated carbocycles. The van der Waals surface area contributed by atoms with E-state index in [0.29, 0.717) is 6.42 Å². The summed E-state index contributed by atoms with van der Waals surface area (Å²) >= 11 is 1.53. The highest BCUT2D eigenvalue weighted by molar-refractivity contribution is 7.10. The Kier molecular flexibility index (Phi) is 2.75. The van der Waals surface area contributed by atoms with Crippen LogP contribution in [0.2, 0.25) is 0 Å². The summed E-state index contributed by atoms with van der Waals surface area (Å²) < 4.78 is 5.33. The smallest absolute Gasteiger partial charge is 0.311 e. The Morgan fingerprint density at radius 2 is 2.35 bits per heavy atom. The van der Waals surface area contributed by atoms with Crippen LogP contribution in [0.4, 0.5) is 0 Å². The maximum Gasteiger partial charge on any atom is 0.311 e. The van der Waals surface area contributed by atoms with E-state index >= 15 is 0 Å². The maximum atomic E-state index is 11.9. The first kappa shape index (κ1) is 12.1. The van der Waals surface area contributed by atoms with Crippen molar-refractivity contribution < 1.29 is 9.53 Å². The minimum atomic E-state index is -0.628. The molecule has 2 rings (SSSR count). The van der Waals surface area contributed by atoms with Crippen molar-refractivity contribution >= 4 is 17.3 Å². The van der Waals surface area contributed by atoms with Gasteiger partial charge in [-0.15, -0.1) is 11.3 Å². The highest BCUT2D eigenvalue weighted by Crippen LogP contribution is 2.56. The van der Waals surface area contributed by atoms with Crippen molar-refractivity contribution in [2.45, 2.75) is 38.2 Å². The first-order chi connectivity index (χ1) is 7.89. The van der Waals surface area contributed by atoms with Gasteiger partial charge in [-0.2, -0.15) is 5.26 Å². The summed E-state index contributed by atoms with van der Waals surface area (Å²) in [4.78, 5) is 12.9. The highest BCUT2D eigenvalue weighted by Gasteiger charge is 2.62. The largest absolute Gasteiger partial charge is 0.460 e. The molecule has 0 bridgehead atoms. The summed E-state index contributed by atoms with van der Waals surface area (Å²) in [5, 5.41) is 11.2. The van der Waals surface area contributed by atoms with Crippen molar-refractivity contribution in [1.29, 1.82) is 5.26 Å². The maximum absolute atomic E-state index is 11.9. The number of hydrogen-bond acceptors (Lipinski definition) is 4. The number of nitriles is 1. The number of carbonyl (C=O) groups excluding carboxylic acids is 1. The Balaban J connectivity index is 2.13. The van der Waals surface area contributed by atoms with Crippen LogP contribution in [0.15, 0.2) is 17.5 Å². The van der Waals surface area contributed by atoms with Crippen LogP contribution in [0.3, 0.4) is 0 Å². The number of thiophene rings is 1. The Bertz CT molecular complexity index is 467. The molecule has 90 valence electrons. The van der Waals surface area contributed by atoms with E-state index in [1.165, 1.54) is 11.3 Å².